The van der Waals surface area contributed by atoms with Gasteiger partial charge < -0.3 is 5.32 Å². The summed E-state index contributed by atoms with van der Waals surface area (Å²) in [7, 11) is -4.03. The van der Waals surface area contributed by atoms with E-state index in [1.807, 2.05) is 19.1 Å². The molecule has 150 valence electrons. The Morgan fingerprint density at radius 1 is 0.931 bits per heavy atom. The van der Waals surface area contributed by atoms with E-state index in [0.717, 1.165) is 9.87 Å². The number of carbonyl (C=O) groups is 1. The highest BCUT2D eigenvalue weighted by Crippen LogP contribution is 2.27. The van der Waals surface area contributed by atoms with Crippen LogP contribution in [0, 0.1) is 6.92 Å². The molecule has 0 aromatic heterocycles. The maximum atomic E-state index is 13.2. The summed E-state index contributed by atoms with van der Waals surface area (Å²) in [5.41, 5.74) is 1.91. The van der Waals surface area contributed by atoms with Crippen molar-refractivity contribution >= 4 is 50.5 Å². The molecule has 0 radical (unpaired) electrons. The van der Waals surface area contributed by atoms with Crippen molar-refractivity contribution in [3.05, 3.63) is 88.4 Å². The Morgan fingerprint density at radius 2 is 1.59 bits per heavy atom. The lowest BCUT2D eigenvalue weighted by atomic mass is 10.2. The molecule has 3 rings (SSSR count). The first-order chi connectivity index (χ1) is 13.8. The number of nitrogens with zero attached hydrogens (tertiary/aromatic N) is 1. The Balaban J connectivity index is 1.93. The van der Waals surface area contributed by atoms with Crippen molar-refractivity contribution in [1.82, 2.24) is 0 Å². The second kappa shape index (κ2) is 8.86. The molecule has 0 aliphatic heterocycles. The molecule has 3 aromatic rings. The number of nitrogens with one attached hydrogen (secondary N) is 1. The Labute approximate surface area is 179 Å². The van der Waals surface area contributed by atoms with Crippen LogP contribution in [0.2, 0.25) is 10.0 Å². The predicted molar refractivity (Wildman–Crippen MR) is 117 cm³/mol. The predicted octanol–water partition coefficient (Wildman–Crippen LogP) is 5.14. The molecule has 29 heavy (non-hydrogen) atoms. The van der Waals surface area contributed by atoms with Crippen LogP contribution < -0.4 is 9.62 Å². The van der Waals surface area contributed by atoms with Crippen LogP contribution in [0.1, 0.15) is 5.56 Å². The van der Waals surface area contributed by atoms with Gasteiger partial charge in [0, 0.05) is 15.7 Å². The van der Waals surface area contributed by atoms with Crippen molar-refractivity contribution in [3.63, 3.8) is 0 Å². The van der Waals surface area contributed by atoms with Gasteiger partial charge in [-0.05, 0) is 61.5 Å². The maximum Gasteiger partial charge on any atom is 0.264 e. The summed E-state index contributed by atoms with van der Waals surface area (Å²) in [5, 5.41) is 3.49. The van der Waals surface area contributed by atoms with Gasteiger partial charge in [-0.2, -0.15) is 0 Å². The van der Waals surface area contributed by atoms with Gasteiger partial charge in [-0.1, -0.05) is 47.0 Å². The second-order valence-corrected chi connectivity index (χ2v) is 9.09. The summed E-state index contributed by atoms with van der Waals surface area (Å²) in [6.07, 6.45) is 0. The lowest BCUT2D eigenvalue weighted by molar-refractivity contribution is -0.114. The number of aryl methyl sites for hydroxylation is 1. The molecular weight excluding hydrogens is 431 g/mol. The highest BCUT2D eigenvalue weighted by molar-refractivity contribution is 7.92. The Morgan fingerprint density at radius 3 is 2.21 bits per heavy atom. The van der Waals surface area contributed by atoms with E-state index in [9.17, 15) is 13.2 Å². The number of hydrogen-bond acceptors (Lipinski definition) is 3. The van der Waals surface area contributed by atoms with Crippen LogP contribution in [0.4, 0.5) is 11.4 Å². The van der Waals surface area contributed by atoms with Gasteiger partial charge in [0.1, 0.15) is 6.54 Å². The van der Waals surface area contributed by atoms with E-state index in [2.05, 4.69) is 5.32 Å². The number of rotatable bonds is 6. The van der Waals surface area contributed by atoms with Gasteiger partial charge in [0.05, 0.1) is 10.6 Å². The molecular formula is C21H18Cl2N2O3S. The van der Waals surface area contributed by atoms with Crippen molar-refractivity contribution in [1.29, 1.82) is 0 Å². The number of amides is 1. The zero-order valence-corrected chi connectivity index (χ0v) is 17.8. The number of hydrogen-bond donors (Lipinski definition) is 1. The average molecular weight is 449 g/mol. The van der Waals surface area contributed by atoms with Gasteiger partial charge in [0.25, 0.3) is 10.0 Å². The molecule has 0 spiro atoms. The van der Waals surface area contributed by atoms with Gasteiger partial charge in [-0.3, -0.25) is 9.10 Å². The molecule has 1 amide bonds. The summed E-state index contributed by atoms with van der Waals surface area (Å²) in [6.45, 7) is 1.52. The smallest absolute Gasteiger partial charge is 0.264 e. The van der Waals surface area contributed by atoms with E-state index >= 15 is 0 Å². The van der Waals surface area contributed by atoms with Crippen molar-refractivity contribution < 1.29 is 13.2 Å². The quantitative estimate of drug-likeness (QED) is 0.567. The first kappa shape index (κ1) is 21.2. The molecule has 0 saturated heterocycles. The minimum Gasteiger partial charge on any atom is -0.325 e. The van der Waals surface area contributed by atoms with E-state index in [0.29, 0.717) is 15.7 Å². The normalized spacial score (nSPS) is 11.1. The van der Waals surface area contributed by atoms with Crippen molar-refractivity contribution in [2.24, 2.45) is 0 Å². The Bertz CT molecular complexity index is 1120. The van der Waals surface area contributed by atoms with Crippen LogP contribution in [0.5, 0.6) is 0 Å². The van der Waals surface area contributed by atoms with Gasteiger partial charge in [0.15, 0.2) is 0 Å². The van der Waals surface area contributed by atoms with Crippen LogP contribution in [0.25, 0.3) is 0 Å². The summed E-state index contributed by atoms with van der Waals surface area (Å²) >= 11 is 11.9. The van der Waals surface area contributed by atoms with Gasteiger partial charge in [-0.25, -0.2) is 8.42 Å². The molecule has 0 atom stereocenters. The standard InChI is InChI=1S/C21H18Cl2N2O3S/c1-15-5-9-18(10-6-15)24-21(26)14-25(19-4-2-3-17(23)13-19)29(27,28)20-11-7-16(22)8-12-20/h2-13H,14H2,1H3,(H,24,26). The third kappa shape index (κ3) is 5.29. The molecule has 0 aliphatic rings. The molecule has 0 bridgehead atoms. The molecule has 0 fully saturated rings. The summed E-state index contributed by atoms with van der Waals surface area (Å²) in [6, 6.07) is 19.3. The minimum absolute atomic E-state index is 0.0185. The molecule has 0 heterocycles. The molecule has 5 nitrogen and oxygen atoms in total. The van der Waals surface area contributed by atoms with Gasteiger partial charge in [0.2, 0.25) is 5.91 Å². The van der Waals surface area contributed by atoms with Crippen LogP contribution in [-0.4, -0.2) is 20.9 Å². The third-order valence-electron chi connectivity index (χ3n) is 4.12. The van der Waals surface area contributed by atoms with E-state index in [4.69, 9.17) is 23.2 Å². The fourth-order valence-electron chi connectivity index (χ4n) is 2.65. The molecule has 0 saturated carbocycles. The molecule has 0 aliphatic carbocycles. The highest BCUT2D eigenvalue weighted by atomic mass is 35.5. The number of carbonyl (C=O) groups excluding carboxylic acids is 1. The Hall–Kier alpha value is -2.54. The maximum absolute atomic E-state index is 13.2. The summed E-state index contributed by atoms with van der Waals surface area (Å²) < 4.78 is 27.5. The number of halogens is 2. The lowest BCUT2D eigenvalue weighted by Crippen LogP contribution is -2.38. The molecule has 0 unspecified atom stereocenters. The lowest BCUT2D eigenvalue weighted by Gasteiger charge is -2.24. The first-order valence-corrected chi connectivity index (χ1v) is 10.9. The zero-order chi connectivity index (χ0) is 21.0. The van der Waals surface area contributed by atoms with Crippen LogP contribution in [0.15, 0.2) is 77.7 Å². The SMILES string of the molecule is Cc1ccc(NC(=O)CN(c2cccc(Cl)c2)S(=O)(=O)c2ccc(Cl)cc2)cc1. The average Bonchev–Trinajstić information content (AvgIpc) is 2.68. The van der Waals surface area contributed by atoms with E-state index < -0.39 is 22.5 Å². The highest BCUT2D eigenvalue weighted by Gasteiger charge is 2.27. The van der Waals surface area contributed by atoms with Crippen molar-refractivity contribution in [2.45, 2.75) is 11.8 Å². The van der Waals surface area contributed by atoms with E-state index in [1.54, 1.807) is 30.3 Å². The van der Waals surface area contributed by atoms with Crippen LogP contribution in [-0.2, 0) is 14.8 Å². The topological polar surface area (TPSA) is 66.5 Å². The second-order valence-electron chi connectivity index (χ2n) is 6.36. The van der Waals surface area contributed by atoms with Crippen molar-refractivity contribution in [3.8, 4) is 0 Å². The molecule has 1 N–H and O–H groups in total. The summed E-state index contributed by atoms with van der Waals surface area (Å²) in [4.78, 5) is 12.6. The molecule has 8 heteroatoms. The fraction of sp³-hybridized carbons (Fsp3) is 0.0952. The largest absolute Gasteiger partial charge is 0.325 e. The third-order valence-corrected chi connectivity index (χ3v) is 6.40. The summed E-state index contributed by atoms with van der Waals surface area (Å²) in [5.74, 6) is -0.480. The van der Waals surface area contributed by atoms with Gasteiger partial charge >= 0.3 is 0 Å². The van der Waals surface area contributed by atoms with Crippen LogP contribution >= 0.6 is 23.2 Å². The monoisotopic (exact) mass is 448 g/mol. The number of sulfonamides is 1. The van der Waals surface area contributed by atoms with Crippen LogP contribution in [0.3, 0.4) is 0 Å². The first-order valence-electron chi connectivity index (χ1n) is 8.66. The van der Waals surface area contributed by atoms with E-state index in [-0.39, 0.29) is 10.6 Å². The fourth-order valence-corrected chi connectivity index (χ4v) is 4.37. The van der Waals surface area contributed by atoms with Gasteiger partial charge in [-0.15, -0.1) is 0 Å². The Kier molecular flexibility index (Phi) is 6.47. The van der Waals surface area contributed by atoms with Crippen molar-refractivity contribution in [2.75, 3.05) is 16.2 Å². The minimum atomic E-state index is -4.03. The van der Waals surface area contributed by atoms with E-state index in [1.165, 1.54) is 30.3 Å². The molecule has 3 aromatic carbocycles. The number of anilines is 2. The number of benzene rings is 3. The zero-order valence-electron chi connectivity index (χ0n) is 15.5.